The van der Waals surface area contributed by atoms with Gasteiger partial charge >= 0.3 is 5.97 Å². The number of aliphatic hydroxyl groups is 1. The molecular formula is C44H86O4. The van der Waals surface area contributed by atoms with Crippen molar-refractivity contribution in [1.29, 1.82) is 0 Å². The summed E-state index contributed by atoms with van der Waals surface area (Å²) in [5, 5.41) is 9.60. The molecule has 1 atom stereocenters. The second-order valence-electron chi connectivity index (χ2n) is 14.8. The Morgan fingerprint density at radius 1 is 0.479 bits per heavy atom. The highest BCUT2D eigenvalue weighted by atomic mass is 16.6. The molecule has 0 bridgehead atoms. The zero-order valence-corrected chi connectivity index (χ0v) is 32.8. The lowest BCUT2D eigenvalue weighted by Crippen LogP contribution is -2.27. The van der Waals surface area contributed by atoms with Crippen molar-refractivity contribution in [2.24, 2.45) is 0 Å². The van der Waals surface area contributed by atoms with Gasteiger partial charge in [-0.05, 0) is 38.5 Å². The summed E-state index contributed by atoms with van der Waals surface area (Å²) in [4.78, 5) is 12.2. The predicted molar refractivity (Wildman–Crippen MR) is 210 cm³/mol. The van der Waals surface area contributed by atoms with Crippen molar-refractivity contribution in [3.8, 4) is 0 Å². The zero-order chi connectivity index (χ0) is 34.9. The van der Waals surface area contributed by atoms with E-state index in [1.807, 2.05) is 0 Å². The van der Waals surface area contributed by atoms with Gasteiger partial charge in [-0.25, -0.2) is 0 Å². The van der Waals surface area contributed by atoms with Crippen LogP contribution in [-0.4, -0.2) is 37.0 Å². The number of hydrogen-bond donors (Lipinski definition) is 1. The molecule has 0 spiro atoms. The minimum atomic E-state index is -0.531. The molecule has 0 aromatic heterocycles. The summed E-state index contributed by atoms with van der Waals surface area (Å²) in [6, 6.07) is 0. The molecule has 1 unspecified atom stereocenters. The summed E-state index contributed by atoms with van der Waals surface area (Å²) in [6.45, 7) is 5.37. The van der Waals surface area contributed by atoms with Crippen molar-refractivity contribution in [1.82, 2.24) is 0 Å². The zero-order valence-electron chi connectivity index (χ0n) is 32.8. The Labute approximate surface area is 301 Å². The average Bonchev–Trinajstić information content (AvgIpc) is 3.09. The lowest BCUT2D eigenvalue weighted by atomic mass is 10.0. The number of ether oxygens (including phenoxy) is 2. The monoisotopic (exact) mass is 679 g/mol. The van der Waals surface area contributed by atoms with Gasteiger partial charge in [-0.2, -0.15) is 0 Å². The Morgan fingerprint density at radius 3 is 1.19 bits per heavy atom. The second kappa shape index (κ2) is 42.3. The van der Waals surface area contributed by atoms with E-state index in [0.29, 0.717) is 19.6 Å². The molecule has 0 aliphatic carbocycles. The van der Waals surface area contributed by atoms with Crippen LogP contribution in [0.4, 0.5) is 0 Å². The van der Waals surface area contributed by atoms with E-state index < -0.39 is 6.10 Å². The quantitative estimate of drug-likeness (QED) is 0.0397. The first kappa shape index (κ1) is 47.1. The highest BCUT2D eigenvalue weighted by molar-refractivity contribution is 5.69. The van der Waals surface area contributed by atoms with Crippen LogP contribution in [-0.2, 0) is 14.3 Å². The lowest BCUT2D eigenvalue weighted by molar-refractivity contribution is -0.154. The van der Waals surface area contributed by atoms with Crippen molar-refractivity contribution < 1.29 is 19.4 Å². The van der Waals surface area contributed by atoms with Crippen LogP contribution in [0.1, 0.15) is 239 Å². The van der Waals surface area contributed by atoms with E-state index in [9.17, 15) is 9.90 Å². The molecule has 0 aliphatic heterocycles. The first-order valence-corrected chi connectivity index (χ1v) is 21.8. The predicted octanol–water partition coefficient (Wildman–Crippen LogP) is 14.2. The van der Waals surface area contributed by atoms with E-state index in [-0.39, 0.29) is 12.6 Å². The van der Waals surface area contributed by atoms with Crippen molar-refractivity contribution in [3.05, 3.63) is 12.2 Å². The molecular weight excluding hydrogens is 592 g/mol. The van der Waals surface area contributed by atoms with E-state index >= 15 is 0 Å². The number of esters is 1. The maximum absolute atomic E-state index is 12.2. The Kier molecular flexibility index (Phi) is 41.5. The molecule has 0 radical (unpaired) electrons. The maximum Gasteiger partial charge on any atom is 0.306 e. The van der Waals surface area contributed by atoms with Crippen LogP contribution in [0.5, 0.6) is 0 Å². The normalized spacial score (nSPS) is 12.3. The highest BCUT2D eigenvalue weighted by Crippen LogP contribution is 2.15. The Morgan fingerprint density at radius 2 is 0.812 bits per heavy atom. The van der Waals surface area contributed by atoms with E-state index in [1.54, 1.807) is 0 Å². The number of carbonyl (C=O) groups is 1. The molecule has 48 heavy (non-hydrogen) atoms. The molecule has 0 aromatic rings. The second-order valence-corrected chi connectivity index (χ2v) is 14.8. The Balaban J connectivity index is 3.38. The van der Waals surface area contributed by atoms with Crippen molar-refractivity contribution in [3.63, 3.8) is 0 Å². The van der Waals surface area contributed by atoms with Gasteiger partial charge < -0.3 is 14.6 Å². The van der Waals surface area contributed by atoms with E-state index in [2.05, 4.69) is 26.0 Å². The topological polar surface area (TPSA) is 55.8 Å². The van der Waals surface area contributed by atoms with Gasteiger partial charge in [-0.1, -0.05) is 206 Å². The number of hydrogen-bond acceptors (Lipinski definition) is 4. The molecule has 286 valence electrons. The SMILES string of the molecule is CCCCCCCCC/C=C\CCCCCCCCOCC(CO)OC(=O)CCCCCCCCCCCCCCCCCCCCC. The van der Waals surface area contributed by atoms with Crippen LogP contribution in [0.3, 0.4) is 0 Å². The number of unbranched alkanes of at least 4 members (excludes halogenated alkanes) is 31. The van der Waals surface area contributed by atoms with E-state index in [4.69, 9.17) is 9.47 Å². The highest BCUT2D eigenvalue weighted by Gasteiger charge is 2.13. The Hall–Kier alpha value is -0.870. The third kappa shape index (κ3) is 39.6. The molecule has 0 amide bonds. The third-order valence-electron chi connectivity index (χ3n) is 9.84. The summed E-state index contributed by atoms with van der Waals surface area (Å²) in [5.41, 5.74) is 0. The van der Waals surface area contributed by atoms with Crippen LogP contribution in [0.15, 0.2) is 12.2 Å². The smallest absolute Gasteiger partial charge is 0.306 e. The minimum Gasteiger partial charge on any atom is -0.457 e. The van der Waals surface area contributed by atoms with Gasteiger partial charge in [0.15, 0.2) is 0 Å². The molecule has 0 aliphatic rings. The number of aliphatic hydroxyl groups excluding tert-OH is 1. The molecule has 0 saturated heterocycles. The summed E-state index contributed by atoms with van der Waals surface area (Å²) in [5.74, 6) is -0.197. The first-order chi connectivity index (χ1) is 23.7. The molecule has 1 N–H and O–H groups in total. The van der Waals surface area contributed by atoms with Gasteiger partial charge in [0.2, 0.25) is 0 Å². The van der Waals surface area contributed by atoms with Crippen LogP contribution in [0, 0.1) is 0 Å². The summed E-state index contributed by atoms with van der Waals surface area (Å²) >= 11 is 0. The fourth-order valence-corrected chi connectivity index (χ4v) is 6.56. The van der Waals surface area contributed by atoms with Crippen LogP contribution in [0.25, 0.3) is 0 Å². The number of carbonyl (C=O) groups excluding carboxylic acids is 1. The average molecular weight is 679 g/mol. The van der Waals surface area contributed by atoms with E-state index in [1.165, 1.54) is 199 Å². The molecule has 4 nitrogen and oxygen atoms in total. The van der Waals surface area contributed by atoms with Gasteiger partial charge in [0.25, 0.3) is 0 Å². The largest absolute Gasteiger partial charge is 0.457 e. The molecule has 0 heterocycles. The van der Waals surface area contributed by atoms with Crippen molar-refractivity contribution in [2.45, 2.75) is 245 Å². The number of rotatable bonds is 41. The van der Waals surface area contributed by atoms with Crippen LogP contribution >= 0.6 is 0 Å². The molecule has 0 saturated carbocycles. The van der Waals surface area contributed by atoms with Gasteiger partial charge in [0.05, 0.1) is 13.2 Å². The summed E-state index contributed by atoms with van der Waals surface area (Å²) in [7, 11) is 0. The fourth-order valence-electron chi connectivity index (χ4n) is 6.56. The molecule has 0 rings (SSSR count). The fraction of sp³-hybridized carbons (Fsp3) is 0.932. The molecule has 0 aromatic carbocycles. The minimum absolute atomic E-state index is 0.168. The van der Waals surface area contributed by atoms with Crippen LogP contribution in [0.2, 0.25) is 0 Å². The van der Waals surface area contributed by atoms with Gasteiger partial charge in [0, 0.05) is 13.0 Å². The third-order valence-corrected chi connectivity index (χ3v) is 9.84. The maximum atomic E-state index is 12.2. The summed E-state index contributed by atoms with van der Waals surface area (Å²) in [6.07, 6.45) is 49.9. The molecule has 0 fully saturated rings. The summed E-state index contributed by atoms with van der Waals surface area (Å²) < 4.78 is 11.2. The van der Waals surface area contributed by atoms with Gasteiger partial charge in [-0.3, -0.25) is 4.79 Å². The van der Waals surface area contributed by atoms with Gasteiger partial charge in [0.1, 0.15) is 6.10 Å². The van der Waals surface area contributed by atoms with E-state index in [0.717, 1.165) is 19.3 Å². The first-order valence-electron chi connectivity index (χ1n) is 21.8. The van der Waals surface area contributed by atoms with Crippen molar-refractivity contribution >= 4 is 5.97 Å². The van der Waals surface area contributed by atoms with Gasteiger partial charge in [-0.15, -0.1) is 0 Å². The lowest BCUT2D eigenvalue weighted by Gasteiger charge is -2.15. The number of allylic oxidation sites excluding steroid dienone is 2. The molecule has 4 heteroatoms. The standard InChI is InChI=1S/C44H86O4/c1-3-5-7-9-11-13-15-17-19-21-22-23-25-27-29-31-33-35-37-39-44(46)48-43(41-45)42-47-40-38-36-34-32-30-28-26-24-20-18-16-14-12-10-8-6-4-2/h20,24,43,45H,3-19,21-23,25-42H2,1-2H3/b24-20-. The van der Waals surface area contributed by atoms with Crippen LogP contribution < -0.4 is 0 Å². The van der Waals surface area contributed by atoms with Crippen molar-refractivity contribution in [2.75, 3.05) is 19.8 Å². The Bertz CT molecular complexity index is 633.